The molecule has 0 aliphatic rings. The summed E-state index contributed by atoms with van der Waals surface area (Å²) >= 11 is 1.50. The van der Waals surface area contributed by atoms with Gasteiger partial charge in [0.1, 0.15) is 10.9 Å². The fourth-order valence-electron chi connectivity index (χ4n) is 2.15. The standard InChI is InChI=1S/C16H22N2O3S/c1-9(2)6-7-21-16(20)11(4)18-8-17-14-13(15(18)19)10(3)12(5)22-14/h8-9,11H,6-7H2,1-5H3. The summed E-state index contributed by atoms with van der Waals surface area (Å²) in [6, 6.07) is -0.670. The lowest BCUT2D eigenvalue weighted by Crippen LogP contribution is -2.29. The first-order valence-corrected chi connectivity index (χ1v) is 8.28. The summed E-state index contributed by atoms with van der Waals surface area (Å²) in [7, 11) is 0. The molecule has 22 heavy (non-hydrogen) atoms. The maximum atomic E-state index is 12.6. The Kier molecular flexibility index (Phi) is 5.01. The molecule has 0 aliphatic carbocycles. The number of aromatic nitrogens is 2. The van der Waals surface area contributed by atoms with Gasteiger partial charge >= 0.3 is 5.97 Å². The highest BCUT2D eigenvalue weighted by molar-refractivity contribution is 7.18. The minimum absolute atomic E-state index is 0.180. The van der Waals surface area contributed by atoms with Gasteiger partial charge in [-0.15, -0.1) is 11.3 Å². The predicted octanol–water partition coefficient (Wildman–Crippen LogP) is 3.23. The minimum Gasteiger partial charge on any atom is -0.464 e. The smallest absolute Gasteiger partial charge is 0.328 e. The van der Waals surface area contributed by atoms with Crippen LogP contribution in [0.4, 0.5) is 0 Å². The zero-order valence-corrected chi connectivity index (χ0v) is 14.5. The highest BCUT2D eigenvalue weighted by Gasteiger charge is 2.21. The normalized spacial score (nSPS) is 12.8. The lowest BCUT2D eigenvalue weighted by Gasteiger charge is -2.14. The summed E-state index contributed by atoms with van der Waals surface area (Å²) in [6.07, 6.45) is 2.25. The molecule has 0 aliphatic heterocycles. The first-order chi connectivity index (χ1) is 10.3. The van der Waals surface area contributed by atoms with Gasteiger partial charge in [0.2, 0.25) is 0 Å². The summed E-state index contributed by atoms with van der Waals surface area (Å²) < 4.78 is 6.61. The number of rotatable bonds is 5. The van der Waals surface area contributed by atoms with Crippen LogP contribution in [0.2, 0.25) is 0 Å². The molecule has 1 unspecified atom stereocenters. The summed E-state index contributed by atoms with van der Waals surface area (Å²) in [5.41, 5.74) is 0.757. The van der Waals surface area contributed by atoms with Crippen molar-refractivity contribution in [2.75, 3.05) is 6.61 Å². The van der Waals surface area contributed by atoms with Crippen molar-refractivity contribution in [1.82, 2.24) is 9.55 Å². The third kappa shape index (κ3) is 3.21. The second-order valence-corrected chi connectivity index (χ2v) is 7.15. The van der Waals surface area contributed by atoms with E-state index in [2.05, 4.69) is 18.8 Å². The van der Waals surface area contributed by atoms with E-state index < -0.39 is 12.0 Å². The molecule has 0 aromatic carbocycles. The third-order valence-corrected chi connectivity index (χ3v) is 4.93. The second kappa shape index (κ2) is 6.60. The van der Waals surface area contributed by atoms with Crippen molar-refractivity contribution in [3.63, 3.8) is 0 Å². The van der Waals surface area contributed by atoms with Crippen molar-refractivity contribution in [3.05, 3.63) is 27.1 Å². The van der Waals surface area contributed by atoms with Gasteiger partial charge in [0, 0.05) is 4.88 Å². The molecule has 120 valence electrons. The third-order valence-electron chi connectivity index (χ3n) is 3.81. The van der Waals surface area contributed by atoms with Crippen LogP contribution in [0.25, 0.3) is 10.2 Å². The van der Waals surface area contributed by atoms with E-state index in [0.717, 1.165) is 21.7 Å². The van der Waals surface area contributed by atoms with Crippen LogP contribution < -0.4 is 5.56 Å². The summed E-state index contributed by atoms with van der Waals surface area (Å²) in [5.74, 6) is 0.0776. The molecule has 0 saturated heterocycles. The van der Waals surface area contributed by atoms with Gasteiger partial charge in [0.25, 0.3) is 5.56 Å². The molecule has 6 heteroatoms. The van der Waals surface area contributed by atoms with Crippen molar-refractivity contribution in [3.8, 4) is 0 Å². The van der Waals surface area contributed by atoms with Crippen molar-refractivity contribution in [1.29, 1.82) is 0 Å². The van der Waals surface area contributed by atoms with Crippen LogP contribution in [0.5, 0.6) is 0 Å². The number of hydrogen-bond acceptors (Lipinski definition) is 5. The predicted molar refractivity (Wildman–Crippen MR) is 88.5 cm³/mol. The highest BCUT2D eigenvalue weighted by Crippen LogP contribution is 2.25. The van der Waals surface area contributed by atoms with Gasteiger partial charge in [0.05, 0.1) is 18.3 Å². The van der Waals surface area contributed by atoms with E-state index in [1.165, 1.54) is 22.2 Å². The van der Waals surface area contributed by atoms with Crippen LogP contribution in [0.15, 0.2) is 11.1 Å². The minimum atomic E-state index is -0.670. The van der Waals surface area contributed by atoms with Crippen LogP contribution in [-0.4, -0.2) is 22.1 Å². The van der Waals surface area contributed by atoms with E-state index in [1.54, 1.807) is 6.92 Å². The van der Waals surface area contributed by atoms with E-state index in [1.807, 2.05) is 13.8 Å². The zero-order chi connectivity index (χ0) is 16.4. The van der Waals surface area contributed by atoms with Gasteiger partial charge in [-0.3, -0.25) is 9.36 Å². The Bertz CT molecular complexity index is 746. The molecule has 2 rings (SSSR count). The Morgan fingerprint density at radius 2 is 2.05 bits per heavy atom. The largest absolute Gasteiger partial charge is 0.464 e. The van der Waals surface area contributed by atoms with Crippen molar-refractivity contribution >= 4 is 27.5 Å². The Balaban J connectivity index is 2.26. The van der Waals surface area contributed by atoms with Gasteiger partial charge in [0.15, 0.2) is 0 Å². The number of carbonyl (C=O) groups is 1. The van der Waals surface area contributed by atoms with Crippen LogP contribution in [0.1, 0.15) is 43.7 Å². The van der Waals surface area contributed by atoms with Gasteiger partial charge < -0.3 is 4.74 Å². The fourth-order valence-corrected chi connectivity index (χ4v) is 3.14. The number of hydrogen-bond donors (Lipinski definition) is 0. The molecule has 5 nitrogen and oxygen atoms in total. The summed E-state index contributed by atoms with van der Waals surface area (Å²) in [4.78, 5) is 30.8. The molecule has 2 aromatic heterocycles. The van der Waals surface area contributed by atoms with Crippen molar-refractivity contribution in [2.24, 2.45) is 5.92 Å². The second-order valence-electron chi connectivity index (χ2n) is 5.95. The molecule has 0 amide bonds. The lowest BCUT2D eigenvalue weighted by atomic mass is 10.1. The maximum Gasteiger partial charge on any atom is 0.328 e. The van der Waals surface area contributed by atoms with Crippen LogP contribution in [0.3, 0.4) is 0 Å². The van der Waals surface area contributed by atoms with E-state index >= 15 is 0 Å². The number of aryl methyl sites for hydroxylation is 2. The number of nitrogens with zero attached hydrogens (tertiary/aromatic N) is 2. The van der Waals surface area contributed by atoms with Gasteiger partial charge in [-0.1, -0.05) is 13.8 Å². The summed E-state index contributed by atoms with van der Waals surface area (Å²) in [6.45, 7) is 10.1. The molecule has 0 saturated carbocycles. The van der Waals surface area contributed by atoms with Gasteiger partial charge in [-0.05, 0) is 38.7 Å². The Labute approximate surface area is 133 Å². The molecule has 2 aromatic rings. The Hall–Kier alpha value is -1.69. The van der Waals surface area contributed by atoms with E-state index in [9.17, 15) is 9.59 Å². The number of thiophene rings is 1. The lowest BCUT2D eigenvalue weighted by molar-refractivity contribution is -0.147. The molecular formula is C16H22N2O3S. The number of fused-ring (bicyclic) bond motifs is 1. The number of carbonyl (C=O) groups excluding carboxylic acids is 1. The summed E-state index contributed by atoms with van der Waals surface area (Å²) in [5, 5.41) is 0.604. The molecule has 2 heterocycles. The monoisotopic (exact) mass is 322 g/mol. The van der Waals surface area contributed by atoms with Crippen LogP contribution in [-0.2, 0) is 9.53 Å². The first kappa shape index (κ1) is 16.7. The quantitative estimate of drug-likeness (QED) is 0.793. The van der Waals surface area contributed by atoms with Crippen LogP contribution >= 0.6 is 11.3 Å². The highest BCUT2D eigenvalue weighted by atomic mass is 32.1. The molecule has 0 radical (unpaired) electrons. The molecule has 1 atom stereocenters. The number of esters is 1. The molecule has 0 bridgehead atoms. The average molecular weight is 322 g/mol. The maximum absolute atomic E-state index is 12.6. The Morgan fingerprint density at radius 3 is 2.68 bits per heavy atom. The molecule has 0 fully saturated rings. The van der Waals surface area contributed by atoms with Gasteiger partial charge in [-0.25, -0.2) is 9.78 Å². The zero-order valence-electron chi connectivity index (χ0n) is 13.7. The average Bonchev–Trinajstić information content (AvgIpc) is 2.74. The van der Waals surface area contributed by atoms with E-state index in [0.29, 0.717) is 17.9 Å². The molecule has 0 spiro atoms. The Morgan fingerprint density at radius 1 is 1.36 bits per heavy atom. The SMILES string of the molecule is Cc1sc2ncn(C(C)C(=O)OCCC(C)C)c(=O)c2c1C. The topological polar surface area (TPSA) is 61.2 Å². The fraction of sp³-hybridized carbons (Fsp3) is 0.562. The van der Waals surface area contributed by atoms with E-state index in [-0.39, 0.29) is 5.56 Å². The molecule has 0 N–H and O–H groups in total. The first-order valence-electron chi connectivity index (χ1n) is 7.46. The number of ether oxygens (including phenoxy) is 1. The van der Waals surface area contributed by atoms with Gasteiger partial charge in [-0.2, -0.15) is 0 Å². The molecular weight excluding hydrogens is 300 g/mol. The van der Waals surface area contributed by atoms with Crippen molar-refractivity contribution in [2.45, 2.75) is 47.1 Å². The van der Waals surface area contributed by atoms with E-state index in [4.69, 9.17) is 4.74 Å². The van der Waals surface area contributed by atoms with Crippen LogP contribution in [0, 0.1) is 19.8 Å². The van der Waals surface area contributed by atoms with Crippen molar-refractivity contribution < 1.29 is 9.53 Å².